The van der Waals surface area contributed by atoms with Gasteiger partial charge in [-0.15, -0.1) is 0 Å². The molecule has 25 heavy (non-hydrogen) atoms. The van der Waals surface area contributed by atoms with Gasteiger partial charge in [0.1, 0.15) is 11.9 Å². The van der Waals surface area contributed by atoms with Gasteiger partial charge in [0, 0.05) is 26.3 Å². The summed E-state index contributed by atoms with van der Waals surface area (Å²) in [4.78, 5) is 15.7. The van der Waals surface area contributed by atoms with Gasteiger partial charge in [0.2, 0.25) is 0 Å². The van der Waals surface area contributed by atoms with E-state index < -0.39 is 12.0 Å². The maximum absolute atomic E-state index is 13.4. The van der Waals surface area contributed by atoms with E-state index in [1.54, 1.807) is 12.1 Å². The molecule has 3 rings (SSSR count). The van der Waals surface area contributed by atoms with Crippen LogP contribution in [-0.2, 0) is 4.79 Å². The Hall–Kier alpha value is -2.40. The van der Waals surface area contributed by atoms with Crippen molar-refractivity contribution < 1.29 is 14.3 Å². The molecule has 1 N–H and O–H groups in total. The third-order valence-electron chi connectivity index (χ3n) is 4.82. The molecule has 1 heterocycles. The summed E-state index contributed by atoms with van der Waals surface area (Å²) in [7, 11) is 3.96. The third kappa shape index (κ3) is 3.66. The standard InChI is InChI=1S/C20H23FN2O2/c1-22(2)17-11-7-15(8-12-17)19(14-5-9-16(21)10-6-14)23-13-3-4-18(23)20(24)25/h5-12,18-19H,3-4,13H2,1-2H3,(H,24,25). The number of rotatable bonds is 5. The van der Waals surface area contributed by atoms with Gasteiger partial charge in [-0.1, -0.05) is 24.3 Å². The quantitative estimate of drug-likeness (QED) is 0.903. The van der Waals surface area contributed by atoms with Crippen molar-refractivity contribution in [2.24, 2.45) is 0 Å². The van der Waals surface area contributed by atoms with Crippen LogP contribution in [0.3, 0.4) is 0 Å². The zero-order valence-corrected chi connectivity index (χ0v) is 14.5. The Labute approximate surface area is 147 Å². The van der Waals surface area contributed by atoms with Crippen molar-refractivity contribution >= 4 is 11.7 Å². The SMILES string of the molecule is CN(C)c1ccc(C(c2ccc(F)cc2)N2CCCC2C(=O)O)cc1. The van der Waals surface area contributed by atoms with Crippen molar-refractivity contribution in [2.75, 3.05) is 25.5 Å². The van der Waals surface area contributed by atoms with E-state index in [1.165, 1.54) is 12.1 Å². The van der Waals surface area contributed by atoms with Gasteiger partial charge in [-0.3, -0.25) is 9.69 Å². The van der Waals surface area contributed by atoms with Gasteiger partial charge >= 0.3 is 5.97 Å². The van der Waals surface area contributed by atoms with Crippen LogP contribution in [-0.4, -0.2) is 42.7 Å². The fourth-order valence-corrected chi connectivity index (χ4v) is 3.54. The number of likely N-dealkylation sites (tertiary alicyclic amines) is 1. The number of anilines is 1. The fraction of sp³-hybridized carbons (Fsp3) is 0.350. The molecule has 0 amide bonds. The lowest BCUT2D eigenvalue weighted by atomic mass is 9.96. The lowest BCUT2D eigenvalue weighted by Gasteiger charge is -2.32. The molecule has 0 bridgehead atoms. The minimum atomic E-state index is -0.797. The number of nitrogens with zero attached hydrogens (tertiary/aromatic N) is 2. The van der Waals surface area contributed by atoms with Crippen LogP contribution in [0.5, 0.6) is 0 Å². The first-order chi connectivity index (χ1) is 12.0. The number of hydrogen-bond acceptors (Lipinski definition) is 3. The second kappa shape index (κ2) is 7.23. The molecule has 2 aromatic carbocycles. The molecular weight excluding hydrogens is 319 g/mol. The Balaban J connectivity index is 2.02. The smallest absolute Gasteiger partial charge is 0.320 e. The Bertz CT molecular complexity index is 728. The predicted octanol–water partition coefficient (Wildman–Crippen LogP) is 3.53. The third-order valence-corrected chi connectivity index (χ3v) is 4.82. The fourth-order valence-electron chi connectivity index (χ4n) is 3.54. The summed E-state index contributed by atoms with van der Waals surface area (Å²) >= 11 is 0. The summed E-state index contributed by atoms with van der Waals surface area (Å²) in [6.45, 7) is 0.717. The Morgan fingerprint density at radius 3 is 2.20 bits per heavy atom. The average Bonchev–Trinajstić information content (AvgIpc) is 3.07. The van der Waals surface area contributed by atoms with Crippen molar-refractivity contribution in [3.8, 4) is 0 Å². The largest absolute Gasteiger partial charge is 0.480 e. The van der Waals surface area contributed by atoms with E-state index in [2.05, 4.69) is 0 Å². The predicted molar refractivity (Wildman–Crippen MR) is 96.4 cm³/mol. The molecule has 1 aliphatic heterocycles. The summed E-state index contributed by atoms with van der Waals surface area (Å²) in [5, 5.41) is 9.58. The van der Waals surface area contributed by atoms with Gasteiger partial charge in [-0.25, -0.2) is 4.39 Å². The van der Waals surface area contributed by atoms with Crippen molar-refractivity contribution in [3.63, 3.8) is 0 Å². The minimum absolute atomic E-state index is 0.194. The molecular formula is C20H23FN2O2. The lowest BCUT2D eigenvalue weighted by Crippen LogP contribution is -2.39. The molecule has 5 heteroatoms. The summed E-state index contributed by atoms with van der Waals surface area (Å²) in [5.74, 6) is -1.09. The molecule has 0 radical (unpaired) electrons. The monoisotopic (exact) mass is 342 g/mol. The van der Waals surface area contributed by atoms with Gasteiger partial charge in [0.25, 0.3) is 0 Å². The molecule has 2 aromatic rings. The van der Waals surface area contributed by atoms with Crippen molar-refractivity contribution in [1.29, 1.82) is 0 Å². The average molecular weight is 342 g/mol. The Kier molecular flexibility index (Phi) is 5.04. The van der Waals surface area contributed by atoms with Crippen molar-refractivity contribution in [1.82, 2.24) is 4.90 Å². The van der Waals surface area contributed by atoms with E-state index in [-0.39, 0.29) is 11.9 Å². The molecule has 1 fully saturated rings. The molecule has 1 saturated heterocycles. The molecule has 0 saturated carbocycles. The van der Waals surface area contributed by atoms with Gasteiger partial charge < -0.3 is 10.0 Å². The van der Waals surface area contributed by atoms with Crippen LogP contribution >= 0.6 is 0 Å². The van der Waals surface area contributed by atoms with Gasteiger partial charge in [0.15, 0.2) is 0 Å². The topological polar surface area (TPSA) is 43.8 Å². The van der Waals surface area contributed by atoms with Gasteiger partial charge in [-0.2, -0.15) is 0 Å². The molecule has 1 aliphatic rings. The maximum atomic E-state index is 13.4. The van der Waals surface area contributed by atoms with Crippen LogP contribution in [0.2, 0.25) is 0 Å². The molecule has 2 unspecified atom stereocenters. The molecule has 132 valence electrons. The Morgan fingerprint density at radius 1 is 1.12 bits per heavy atom. The highest BCUT2D eigenvalue weighted by atomic mass is 19.1. The number of hydrogen-bond donors (Lipinski definition) is 1. The lowest BCUT2D eigenvalue weighted by molar-refractivity contribution is -0.142. The van der Waals surface area contributed by atoms with E-state index in [1.807, 2.05) is 48.2 Å². The maximum Gasteiger partial charge on any atom is 0.320 e. The first-order valence-electron chi connectivity index (χ1n) is 8.48. The molecule has 0 spiro atoms. The molecule has 4 nitrogen and oxygen atoms in total. The van der Waals surface area contributed by atoms with E-state index in [4.69, 9.17) is 0 Å². The van der Waals surface area contributed by atoms with Crippen LogP contribution in [0.1, 0.15) is 30.0 Å². The summed E-state index contributed by atoms with van der Waals surface area (Å²) in [6, 6.07) is 13.8. The van der Waals surface area contributed by atoms with Crippen LogP contribution < -0.4 is 4.90 Å². The summed E-state index contributed by atoms with van der Waals surface area (Å²) in [5.41, 5.74) is 3.01. The van der Waals surface area contributed by atoms with E-state index in [0.29, 0.717) is 13.0 Å². The number of aliphatic carboxylic acids is 1. The van der Waals surface area contributed by atoms with Gasteiger partial charge in [-0.05, 0) is 48.2 Å². The van der Waals surface area contributed by atoms with Crippen molar-refractivity contribution in [3.05, 3.63) is 65.5 Å². The number of carboxylic acid groups (broad SMARTS) is 1. The van der Waals surface area contributed by atoms with E-state index in [0.717, 1.165) is 23.2 Å². The van der Waals surface area contributed by atoms with Gasteiger partial charge in [0.05, 0.1) is 6.04 Å². The molecule has 2 atom stereocenters. The van der Waals surface area contributed by atoms with E-state index >= 15 is 0 Å². The Morgan fingerprint density at radius 2 is 1.68 bits per heavy atom. The summed E-state index contributed by atoms with van der Waals surface area (Å²) < 4.78 is 13.4. The second-order valence-corrected chi connectivity index (χ2v) is 6.67. The highest BCUT2D eigenvalue weighted by Crippen LogP contribution is 2.35. The summed E-state index contributed by atoms with van der Waals surface area (Å²) in [6.07, 6.45) is 1.49. The highest BCUT2D eigenvalue weighted by molar-refractivity contribution is 5.74. The number of halogens is 1. The van der Waals surface area contributed by atoms with Crippen LogP contribution in [0.25, 0.3) is 0 Å². The molecule has 0 aliphatic carbocycles. The highest BCUT2D eigenvalue weighted by Gasteiger charge is 2.36. The first-order valence-corrected chi connectivity index (χ1v) is 8.48. The van der Waals surface area contributed by atoms with Crippen LogP contribution in [0.15, 0.2) is 48.5 Å². The second-order valence-electron chi connectivity index (χ2n) is 6.67. The normalized spacial score (nSPS) is 18.9. The number of carbonyl (C=O) groups is 1. The zero-order valence-electron chi connectivity index (χ0n) is 14.5. The van der Waals surface area contributed by atoms with Crippen LogP contribution in [0, 0.1) is 5.82 Å². The van der Waals surface area contributed by atoms with E-state index in [9.17, 15) is 14.3 Å². The van der Waals surface area contributed by atoms with Crippen molar-refractivity contribution in [2.45, 2.75) is 24.9 Å². The van der Waals surface area contributed by atoms with Crippen LogP contribution in [0.4, 0.5) is 10.1 Å². The number of carboxylic acids is 1. The minimum Gasteiger partial charge on any atom is -0.480 e. The number of benzene rings is 2. The zero-order chi connectivity index (χ0) is 18.0. The first kappa shape index (κ1) is 17.4. The molecule has 0 aromatic heterocycles.